The number of aromatic amines is 1. The summed E-state index contributed by atoms with van der Waals surface area (Å²) in [5.74, 6) is 0.251. The Balaban J connectivity index is 1.81. The molecule has 3 aromatic rings. The van der Waals surface area contributed by atoms with Gasteiger partial charge in [0.2, 0.25) is 0 Å². The Morgan fingerprint density at radius 2 is 1.68 bits per heavy atom. The van der Waals surface area contributed by atoms with E-state index >= 15 is 0 Å². The molecule has 0 aliphatic carbocycles. The van der Waals surface area contributed by atoms with Gasteiger partial charge in [0.1, 0.15) is 5.75 Å². The Kier molecular flexibility index (Phi) is 4.18. The molecule has 0 aliphatic rings. The van der Waals surface area contributed by atoms with Crippen molar-refractivity contribution in [3.8, 4) is 17.0 Å². The minimum Gasteiger partial charge on any atom is -0.508 e. The molecule has 0 aliphatic heterocycles. The largest absolute Gasteiger partial charge is 0.508 e. The van der Waals surface area contributed by atoms with Crippen LogP contribution in [0.25, 0.3) is 23.4 Å². The second-order valence-electron chi connectivity index (χ2n) is 4.76. The highest BCUT2D eigenvalue weighted by molar-refractivity contribution is 6.42. The molecular formula is C17H12Cl2N2O. The molecule has 0 atom stereocenters. The molecule has 1 aromatic heterocycles. The van der Waals surface area contributed by atoms with Crippen LogP contribution in [0.15, 0.2) is 48.5 Å². The maximum Gasteiger partial charge on any atom is 0.115 e. The Morgan fingerprint density at radius 1 is 0.909 bits per heavy atom. The second kappa shape index (κ2) is 6.26. The van der Waals surface area contributed by atoms with Gasteiger partial charge in [-0.1, -0.05) is 47.5 Å². The first kappa shape index (κ1) is 14.7. The van der Waals surface area contributed by atoms with Crippen LogP contribution >= 0.6 is 23.2 Å². The van der Waals surface area contributed by atoms with E-state index < -0.39 is 0 Å². The lowest BCUT2D eigenvalue weighted by atomic mass is 10.1. The Labute approximate surface area is 137 Å². The molecule has 2 aromatic carbocycles. The number of phenols is 1. The minimum absolute atomic E-state index is 0.251. The van der Waals surface area contributed by atoms with Gasteiger partial charge in [0.05, 0.1) is 21.4 Å². The van der Waals surface area contributed by atoms with Crippen molar-refractivity contribution >= 4 is 35.4 Å². The molecule has 0 spiro atoms. The van der Waals surface area contributed by atoms with Crippen LogP contribution in [-0.4, -0.2) is 15.3 Å². The number of aromatic hydroxyl groups is 1. The van der Waals surface area contributed by atoms with E-state index in [0.717, 1.165) is 22.5 Å². The zero-order valence-corrected chi connectivity index (χ0v) is 12.9. The van der Waals surface area contributed by atoms with Crippen molar-refractivity contribution in [3.05, 3.63) is 69.8 Å². The number of nitrogens with one attached hydrogen (secondary N) is 1. The SMILES string of the molecule is Oc1ccc(/C=C/c2cc(-c3ccc(Cl)c(Cl)c3)n[nH]2)cc1. The van der Waals surface area contributed by atoms with Crippen LogP contribution in [-0.2, 0) is 0 Å². The number of hydrogen-bond donors (Lipinski definition) is 2. The zero-order valence-electron chi connectivity index (χ0n) is 11.4. The van der Waals surface area contributed by atoms with E-state index in [1.807, 2.05) is 36.4 Å². The molecule has 22 heavy (non-hydrogen) atoms. The van der Waals surface area contributed by atoms with Crippen LogP contribution in [0.1, 0.15) is 11.3 Å². The van der Waals surface area contributed by atoms with Crippen molar-refractivity contribution < 1.29 is 5.11 Å². The molecule has 110 valence electrons. The fourth-order valence-electron chi connectivity index (χ4n) is 2.00. The maximum absolute atomic E-state index is 9.25. The van der Waals surface area contributed by atoms with E-state index in [1.165, 1.54) is 0 Å². The lowest BCUT2D eigenvalue weighted by Crippen LogP contribution is -1.78. The molecule has 0 bridgehead atoms. The molecule has 0 radical (unpaired) electrons. The van der Waals surface area contributed by atoms with Crippen LogP contribution < -0.4 is 0 Å². The van der Waals surface area contributed by atoms with Crippen LogP contribution in [0.3, 0.4) is 0 Å². The van der Waals surface area contributed by atoms with Crippen LogP contribution in [0.4, 0.5) is 0 Å². The molecular weight excluding hydrogens is 319 g/mol. The van der Waals surface area contributed by atoms with Gasteiger partial charge in [0, 0.05) is 5.56 Å². The third-order valence-electron chi connectivity index (χ3n) is 3.16. The summed E-state index contributed by atoms with van der Waals surface area (Å²) in [7, 11) is 0. The number of nitrogens with zero attached hydrogens (tertiary/aromatic N) is 1. The van der Waals surface area contributed by atoms with Crippen LogP contribution in [0, 0.1) is 0 Å². The van der Waals surface area contributed by atoms with Gasteiger partial charge in [0.25, 0.3) is 0 Å². The average Bonchev–Trinajstić information content (AvgIpc) is 2.98. The second-order valence-corrected chi connectivity index (χ2v) is 5.58. The highest BCUT2D eigenvalue weighted by Crippen LogP contribution is 2.28. The predicted molar refractivity (Wildman–Crippen MR) is 91.1 cm³/mol. The first-order valence-corrected chi connectivity index (χ1v) is 7.35. The lowest BCUT2D eigenvalue weighted by Gasteiger charge is -1.98. The van der Waals surface area contributed by atoms with Crippen molar-refractivity contribution in [1.29, 1.82) is 0 Å². The third kappa shape index (κ3) is 3.32. The van der Waals surface area contributed by atoms with Crippen molar-refractivity contribution in [1.82, 2.24) is 10.2 Å². The molecule has 0 saturated heterocycles. The summed E-state index contributed by atoms with van der Waals surface area (Å²) in [6.45, 7) is 0. The van der Waals surface area contributed by atoms with Gasteiger partial charge in [-0.25, -0.2) is 0 Å². The quantitative estimate of drug-likeness (QED) is 0.688. The van der Waals surface area contributed by atoms with E-state index in [4.69, 9.17) is 23.2 Å². The van der Waals surface area contributed by atoms with Crippen LogP contribution in [0.2, 0.25) is 10.0 Å². The van der Waals surface area contributed by atoms with Gasteiger partial charge in [-0.15, -0.1) is 0 Å². The first-order chi connectivity index (χ1) is 10.6. The average molecular weight is 331 g/mol. The first-order valence-electron chi connectivity index (χ1n) is 6.60. The smallest absolute Gasteiger partial charge is 0.115 e. The highest BCUT2D eigenvalue weighted by atomic mass is 35.5. The number of phenolic OH excluding ortho intramolecular Hbond substituents is 1. The molecule has 3 nitrogen and oxygen atoms in total. The highest BCUT2D eigenvalue weighted by Gasteiger charge is 2.05. The van der Waals surface area contributed by atoms with Gasteiger partial charge < -0.3 is 5.11 Å². The van der Waals surface area contributed by atoms with E-state index in [0.29, 0.717) is 10.0 Å². The van der Waals surface area contributed by atoms with E-state index in [2.05, 4.69) is 10.2 Å². The lowest BCUT2D eigenvalue weighted by molar-refractivity contribution is 0.475. The number of rotatable bonds is 3. The fourth-order valence-corrected chi connectivity index (χ4v) is 2.29. The summed E-state index contributed by atoms with van der Waals surface area (Å²) in [6.07, 6.45) is 3.85. The summed E-state index contributed by atoms with van der Waals surface area (Å²) in [6, 6.07) is 14.3. The van der Waals surface area contributed by atoms with Crippen molar-refractivity contribution in [2.75, 3.05) is 0 Å². The minimum atomic E-state index is 0.251. The summed E-state index contributed by atoms with van der Waals surface area (Å²) >= 11 is 11.9. The molecule has 1 heterocycles. The van der Waals surface area contributed by atoms with Gasteiger partial charge in [-0.3, -0.25) is 5.10 Å². The Morgan fingerprint density at radius 3 is 2.41 bits per heavy atom. The predicted octanol–water partition coefficient (Wildman–Crippen LogP) is 5.26. The van der Waals surface area contributed by atoms with E-state index in [9.17, 15) is 5.11 Å². The maximum atomic E-state index is 9.25. The number of hydrogen-bond acceptors (Lipinski definition) is 2. The van der Waals surface area contributed by atoms with E-state index in [-0.39, 0.29) is 5.75 Å². The van der Waals surface area contributed by atoms with Gasteiger partial charge >= 0.3 is 0 Å². The fraction of sp³-hybridized carbons (Fsp3) is 0. The standard InChI is InChI=1S/C17H12Cl2N2O/c18-15-8-4-12(9-16(15)19)17-10-13(20-21-17)5-1-11-2-6-14(22)7-3-11/h1-10,22H,(H,20,21)/b5-1+. The van der Waals surface area contributed by atoms with Crippen molar-refractivity contribution in [2.45, 2.75) is 0 Å². The van der Waals surface area contributed by atoms with Gasteiger partial charge in [-0.2, -0.15) is 5.10 Å². The van der Waals surface area contributed by atoms with Gasteiger partial charge in [0.15, 0.2) is 0 Å². The van der Waals surface area contributed by atoms with Gasteiger partial charge in [-0.05, 0) is 42.0 Å². The molecule has 3 rings (SSSR count). The molecule has 5 heteroatoms. The number of aromatic nitrogens is 2. The summed E-state index contributed by atoms with van der Waals surface area (Å²) in [5, 5.41) is 17.5. The molecule has 0 saturated carbocycles. The summed E-state index contributed by atoms with van der Waals surface area (Å²) in [5.41, 5.74) is 3.55. The zero-order chi connectivity index (χ0) is 15.5. The summed E-state index contributed by atoms with van der Waals surface area (Å²) < 4.78 is 0. The Hall–Kier alpha value is -2.23. The third-order valence-corrected chi connectivity index (χ3v) is 3.90. The van der Waals surface area contributed by atoms with Crippen LogP contribution in [0.5, 0.6) is 5.75 Å². The Bertz CT molecular complexity index is 823. The van der Waals surface area contributed by atoms with Crippen molar-refractivity contribution in [2.24, 2.45) is 0 Å². The number of H-pyrrole nitrogens is 1. The molecule has 2 N–H and O–H groups in total. The molecule has 0 fully saturated rings. The molecule has 0 unspecified atom stereocenters. The summed E-state index contributed by atoms with van der Waals surface area (Å²) in [4.78, 5) is 0. The molecule has 0 amide bonds. The normalized spacial score (nSPS) is 11.2. The van der Waals surface area contributed by atoms with Crippen molar-refractivity contribution in [3.63, 3.8) is 0 Å². The van der Waals surface area contributed by atoms with E-state index in [1.54, 1.807) is 24.3 Å². The monoisotopic (exact) mass is 330 g/mol. The number of halogens is 2. The number of benzene rings is 2. The topological polar surface area (TPSA) is 48.9 Å².